The molecule has 6 heteroatoms. The first kappa shape index (κ1) is 13.8. The van der Waals surface area contributed by atoms with Crippen molar-refractivity contribution in [1.82, 2.24) is 4.90 Å². The molecule has 1 saturated heterocycles. The number of ether oxygens (including phenoxy) is 2. The highest BCUT2D eigenvalue weighted by atomic mass is 16.6. The van der Waals surface area contributed by atoms with Gasteiger partial charge in [-0.3, -0.25) is 4.90 Å². The molecule has 0 aromatic carbocycles. The molecule has 1 N–H and O–H groups in total. The third-order valence-electron chi connectivity index (χ3n) is 2.43. The highest BCUT2D eigenvalue weighted by molar-refractivity contribution is 5.82. The predicted molar refractivity (Wildman–Crippen MR) is 59.1 cm³/mol. The van der Waals surface area contributed by atoms with Crippen molar-refractivity contribution in [2.75, 3.05) is 7.11 Å². The minimum Gasteiger partial charge on any atom is -0.467 e. The van der Waals surface area contributed by atoms with Crippen LogP contribution in [0.5, 0.6) is 0 Å². The Labute approximate surface area is 100 Å². The third-order valence-corrected chi connectivity index (χ3v) is 2.43. The van der Waals surface area contributed by atoms with Crippen molar-refractivity contribution in [3.05, 3.63) is 0 Å². The fraction of sp³-hybridized carbons (Fsp3) is 0.818. The highest BCUT2D eigenvalue weighted by Crippen LogP contribution is 2.25. The molecule has 2 atom stereocenters. The fourth-order valence-corrected chi connectivity index (χ4v) is 1.72. The Morgan fingerprint density at radius 1 is 1.29 bits per heavy atom. The third kappa shape index (κ3) is 3.33. The van der Waals surface area contributed by atoms with E-state index in [-0.39, 0.29) is 0 Å². The second-order valence-corrected chi connectivity index (χ2v) is 4.98. The molecular weight excluding hydrogens is 226 g/mol. The molecule has 0 saturated carbocycles. The Hall–Kier alpha value is -1.30. The summed E-state index contributed by atoms with van der Waals surface area (Å²) in [5.41, 5.74) is -0.667. The number of aliphatic hydroxyl groups excluding tert-OH is 1. The van der Waals surface area contributed by atoms with Gasteiger partial charge in [0.05, 0.1) is 7.11 Å². The van der Waals surface area contributed by atoms with E-state index in [9.17, 15) is 14.7 Å². The van der Waals surface area contributed by atoms with E-state index < -0.39 is 29.9 Å². The maximum absolute atomic E-state index is 11.8. The Morgan fingerprint density at radius 3 is 2.35 bits per heavy atom. The van der Waals surface area contributed by atoms with E-state index >= 15 is 0 Å². The molecule has 6 nitrogen and oxygen atoms in total. The predicted octanol–water partition coefficient (Wildman–Crippen LogP) is 0.877. The molecule has 1 heterocycles. The van der Waals surface area contributed by atoms with Gasteiger partial charge in [-0.15, -0.1) is 0 Å². The van der Waals surface area contributed by atoms with Crippen molar-refractivity contribution in [3.8, 4) is 0 Å². The van der Waals surface area contributed by atoms with Gasteiger partial charge in [-0.2, -0.15) is 0 Å². The average molecular weight is 245 g/mol. The number of carbonyl (C=O) groups excluding carboxylic acids is 2. The second-order valence-electron chi connectivity index (χ2n) is 4.98. The average Bonchev–Trinajstić information content (AvgIpc) is 2.56. The summed E-state index contributed by atoms with van der Waals surface area (Å²) in [7, 11) is 1.25. The van der Waals surface area contributed by atoms with Crippen molar-refractivity contribution < 1.29 is 24.2 Å². The summed E-state index contributed by atoms with van der Waals surface area (Å²) in [5.74, 6) is -0.535. The Morgan fingerprint density at radius 2 is 1.88 bits per heavy atom. The highest BCUT2D eigenvalue weighted by Gasteiger charge is 2.42. The van der Waals surface area contributed by atoms with Gasteiger partial charge in [0.25, 0.3) is 0 Å². The van der Waals surface area contributed by atoms with Gasteiger partial charge >= 0.3 is 12.1 Å². The summed E-state index contributed by atoms with van der Waals surface area (Å²) in [6, 6.07) is -0.759. The molecule has 0 aliphatic carbocycles. The minimum absolute atomic E-state index is 0.346. The van der Waals surface area contributed by atoms with Crippen LogP contribution in [-0.4, -0.2) is 47.0 Å². The lowest BCUT2D eigenvalue weighted by molar-refractivity contribution is -0.147. The lowest BCUT2D eigenvalue weighted by Gasteiger charge is -2.29. The van der Waals surface area contributed by atoms with Crippen LogP contribution in [0.15, 0.2) is 0 Å². The Kier molecular flexibility index (Phi) is 3.98. The van der Waals surface area contributed by atoms with Gasteiger partial charge < -0.3 is 14.6 Å². The molecular formula is C11H19NO5. The number of esters is 1. The first-order chi connectivity index (χ1) is 7.76. The zero-order valence-corrected chi connectivity index (χ0v) is 10.6. The molecule has 1 aliphatic rings. The van der Waals surface area contributed by atoms with E-state index in [1.807, 2.05) is 0 Å². The number of nitrogens with zero attached hydrogens (tertiary/aromatic N) is 1. The smallest absolute Gasteiger partial charge is 0.413 e. The topological polar surface area (TPSA) is 76.1 Å². The number of hydrogen-bond acceptors (Lipinski definition) is 5. The molecule has 0 radical (unpaired) electrons. The van der Waals surface area contributed by atoms with Crippen molar-refractivity contribution in [1.29, 1.82) is 0 Å². The van der Waals surface area contributed by atoms with Crippen molar-refractivity contribution in [2.24, 2.45) is 0 Å². The Bertz CT molecular complexity index is 309. The number of aliphatic hydroxyl groups is 1. The summed E-state index contributed by atoms with van der Waals surface area (Å²) in [6.07, 6.45) is -0.960. The maximum atomic E-state index is 11.8. The van der Waals surface area contributed by atoms with E-state index in [1.165, 1.54) is 7.11 Å². The quantitative estimate of drug-likeness (QED) is 0.694. The van der Waals surface area contributed by atoms with Crippen LogP contribution in [0.4, 0.5) is 4.79 Å². The monoisotopic (exact) mass is 245 g/mol. The van der Waals surface area contributed by atoms with E-state index in [0.29, 0.717) is 12.8 Å². The molecule has 1 unspecified atom stereocenters. The van der Waals surface area contributed by atoms with Gasteiger partial charge in [-0.05, 0) is 33.6 Å². The molecule has 17 heavy (non-hydrogen) atoms. The zero-order chi connectivity index (χ0) is 13.2. The van der Waals surface area contributed by atoms with Crippen molar-refractivity contribution in [3.63, 3.8) is 0 Å². The van der Waals surface area contributed by atoms with Gasteiger partial charge in [-0.25, -0.2) is 9.59 Å². The molecule has 1 amide bonds. The normalized spacial score (nSPS) is 24.6. The van der Waals surface area contributed by atoms with Crippen LogP contribution in [0, 0.1) is 0 Å². The molecule has 0 aromatic heterocycles. The maximum Gasteiger partial charge on any atom is 0.413 e. The first-order valence-electron chi connectivity index (χ1n) is 5.53. The van der Waals surface area contributed by atoms with Gasteiger partial charge in [0.2, 0.25) is 0 Å². The summed E-state index contributed by atoms with van der Waals surface area (Å²) in [4.78, 5) is 24.3. The molecule has 0 spiro atoms. The second kappa shape index (κ2) is 4.91. The van der Waals surface area contributed by atoms with Crippen LogP contribution in [0.3, 0.4) is 0 Å². The van der Waals surface area contributed by atoms with Crippen LogP contribution in [-0.2, 0) is 14.3 Å². The van der Waals surface area contributed by atoms with Crippen LogP contribution < -0.4 is 0 Å². The molecule has 1 aliphatic heterocycles. The summed E-state index contributed by atoms with van der Waals surface area (Å²) < 4.78 is 9.73. The lowest BCUT2D eigenvalue weighted by Crippen LogP contribution is -2.47. The number of likely N-dealkylation sites (tertiary alicyclic amines) is 1. The molecule has 0 bridgehead atoms. The van der Waals surface area contributed by atoms with E-state index in [1.54, 1.807) is 20.8 Å². The van der Waals surface area contributed by atoms with Crippen LogP contribution in [0.25, 0.3) is 0 Å². The molecule has 0 aromatic rings. The zero-order valence-electron chi connectivity index (χ0n) is 10.6. The first-order valence-corrected chi connectivity index (χ1v) is 5.53. The minimum atomic E-state index is -0.992. The lowest BCUT2D eigenvalue weighted by atomic mass is 10.2. The van der Waals surface area contributed by atoms with Gasteiger partial charge in [-0.1, -0.05) is 0 Å². The fourth-order valence-electron chi connectivity index (χ4n) is 1.72. The standard InChI is InChI=1S/C11H19NO5/c1-11(2,3)17-10(15)12-7(9(14)16-4)5-6-8(12)13/h7-8,13H,5-6H2,1-4H3/t7-,8?/m0/s1. The van der Waals surface area contributed by atoms with Crippen LogP contribution in [0.1, 0.15) is 33.6 Å². The number of rotatable bonds is 1. The van der Waals surface area contributed by atoms with Gasteiger partial charge in [0.1, 0.15) is 17.9 Å². The summed E-state index contributed by atoms with van der Waals surface area (Å²) in [5, 5.41) is 9.69. The Balaban J connectivity index is 2.78. The van der Waals surface area contributed by atoms with E-state index in [0.717, 1.165) is 4.90 Å². The van der Waals surface area contributed by atoms with E-state index in [2.05, 4.69) is 4.74 Å². The molecule has 1 rings (SSSR count). The van der Waals surface area contributed by atoms with Gasteiger partial charge in [0, 0.05) is 0 Å². The molecule has 1 fully saturated rings. The van der Waals surface area contributed by atoms with Crippen LogP contribution >= 0.6 is 0 Å². The van der Waals surface area contributed by atoms with Crippen molar-refractivity contribution >= 4 is 12.1 Å². The summed E-state index contributed by atoms with van der Waals surface area (Å²) in [6.45, 7) is 5.17. The number of carbonyl (C=O) groups is 2. The molecule has 98 valence electrons. The number of methoxy groups -OCH3 is 1. The largest absolute Gasteiger partial charge is 0.467 e. The van der Waals surface area contributed by atoms with Crippen LogP contribution in [0.2, 0.25) is 0 Å². The number of amides is 1. The van der Waals surface area contributed by atoms with Crippen molar-refractivity contribution in [2.45, 2.75) is 51.5 Å². The van der Waals surface area contributed by atoms with Gasteiger partial charge in [0.15, 0.2) is 0 Å². The van der Waals surface area contributed by atoms with E-state index in [4.69, 9.17) is 4.74 Å². The SMILES string of the molecule is COC(=O)[C@@H]1CCC(O)N1C(=O)OC(C)(C)C. The number of hydrogen-bond donors (Lipinski definition) is 1. The summed E-state index contributed by atoms with van der Waals surface area (Å²) >= 11 is 0.